The maximum absolute atomic E-state index is 10.4. The van der Waals surface area contributed by atoms with Crippen molar-refractivity contribution in [3.05, 3.63) is 36.1 Å². The maximum Gasteiger partial charge on any atom is 0.303 e. The standard InChI is InChI=1S/C12H12O3/c13-11(14)6-2-5-9-3-1-4-10-7-8-15-12(9)10/h1,3-4,7-8H,2,5-6H2,(H,13,14). The maximum atomic E-state index is 10.4. The van der Waals surface area contributed by atoms with Crippen molar-refractivity contribution in [1.82, 2.24) is 0 Å². The van der Waals surface area contributed by atoms with Crippen molar-refractivity contribution in [2.75, 3.05) is 0 Å². The van der Waals surface area contributed by atoms with E-state index in [1.54, 1.807) is 6.26 Å². The van der Waals surface area contributed by atoms with Gasteiger partial charge in [-0.15, -0.1) is 0 Å². The Bertz CT molecular complexity index is 470. The first kappa shape index (κ1) is 9.77. The van der Waals surface area contributed by atoms with Crippen molar-refractivity contribution >= 4 is 16.9 Å². The smallest absolute Gasteiger partial charge is 0.303 e. The van der Waals surface area contributed by atoms with E-state index in [4.69, 9.17) is 9.52 Å². The molecule has 1 aromatic carbocycles. The number of carbonyl (C=O) groups is 1. The summed E-state index contributed by atoms with van der Waals surface area (Å²) in [5.41, 5.74) is 1.96. The second-order valence-electron chi connectivity index (χ2n) is 3.50. The lowest BCUT2D eigenvalue weighted by molar-refractivity contribution is -0.137. The predicted octanol–water partition coefficient (Wildman–Crippen LogP) is 2.84. The average molecular weight is 204 g/mol. The van der Waals surface area contributed by atoms with Gasteiger partial charge in [0, 0.05) is 11.8 Å². The number of carboxylic acid groups (broad SMARTS) is 1. The summed E-state index contributed by atoms with van der Waals surface area (Å²) in [5.74, 6) is -0.749. The summed E-state index contributed by atoms with van der Waals surface area (Å²) in [6.45, 7) is 0. The van der Waals surface area contributed by atoms with Crippen LogP contribution in [-0.4, -0.2) is 11.1 Å². The van der Waals surface area contributed by atoms with Crippen molar-refractivity contribution in [2.45, 2.75) is 19.3 Å². The summed E-state index contributed by atoms with van der Waals surface area (Å²) < 4.78 is 5.36. The Morgan fingerprint density at radius 3 is 3.00 bits per heavy atom. The number of hydrogen-bond donors (Lipinski definition) is 1. The molecule has 0 saturated carbocycles. The molecule has 15 heavy (non-hydrogen) atoms. The zero-order valence-electron chi connectivity index (χ0n) is 8.27. The SMILES string of the molecule is O=C(O)CCCc1cccc2ccoc12. The van der Waals surface area contributed by atoms with Crippen molar-refractivity contribution < 1.29 is 14.3 Å². The molecule has 0 atom stereocenters. The third-order valence-electron chi connectivity index (χ3n) is 2.40. The molecule has 0 fully saturated rings. The van der Waals surface area contributed by atoms with Gasteiger partial charge < -0.3 is 9.52 Å². The molecule has 1 heterocycles. The highest BCUT2D eigenvalue weighted by atomic mass is 16.4. The van der Waals surface area contributed by atoms with Crippen LogP contribution in [0.3, 0.4) is 0 Å². The molecule has 0 saturated heterocycles. The topological polar surface area (TPSA) is 50.4 Å². The molecule has 1 N–H and O–H groups in total. The van der Waals surface area contributed by atoms with E-state index in [0.717, 1.165) is 23.0 Å². The van der Waals surface area contributed by atoms with Gasteiger partial charge in [0.05, 0.1) is 6.26 Å². The molecule has 0 bridgehead atoms. The largest absolute Gasteiger partial charge is 0.481 e. The second kappa shape index (κ2) is 4.17. The van der Waals surface area contributed by atoms with Gasteiger partial charge in [-0.05, 0) is 24.5 Å². The van der Waals surface area contributed by atoms with Crippen LogP contribution in [0.25, 0.3) is 11.0 Å². The van der Waals surface area contributed by atoms with Gasteiger partial charge in [-0.2, -0.15) is 0 Å². The lowest BCUT2D eigenvalue weighted by atomic mass is 10.1. The highest BCUT2D eigenvalue weighted by molar-refractivity contribution is 5.80. The number of para-hydroxylation sites is 1. The number of furan rings is 1. The first-order chi connectivity index (χ1) is 7.27. The summed E-state index contributed by atoms with van der Waals surface area (Å²) in [7, 11) is 0. The van der Waals surface area contributed by atoms with Crippen molar-refractivity contribution in [1.29, 1.82) is 0 Å². The Labute approximate surface area is 87.3 Å². The normalized spacial score (nSPS) is 10.7. The van der Waals surface area contributed by atoms with Crippen LogP contribution in [0.5, 0.6) is 0 Å². The Balaban J connectivity index is 2.13. The van der Waals surface area contributed by atoms with Crippen LogP contribution in [0, 0.1) is 0 Å². The number of rotatable bonds is 4. The fourth-order valence-electron chi connectivity index (χ4n) is 1.68. The van der Waals surface area contributed by atoms with Crippen LogP contribution < -0.4 is 0 Å². The Morgan fingerprint density at radius 1 is 1.33 bits per heavy atom. The van der Waals surface area contributed by atoms with Gasteiger partial charge >= 0.3 is 5.97 Å². The highest BCUT2D eigenvalue weighted by Gasteiger charge is 2.04. The molecule has 3 nitrogen and oxygen atoms in total. The fraction of sp³-hybridized carbons (Fsp3) is 0.250. The molecule has 0 spiro atoms. The fourth-order valence-corrected chi connectivity index (χ4v) is 1.68. The summed E-state index contributed by atoms with van der Waals surface area (Å²) in [5, 5.41) is 9.61. The van der Waals surface area contributed by atoms with E-state index in [9.17, 15) is 4.79 Å². The van der Waals surface area contributed by atoms with Crippen LogP contribution in [0.2, 0.25) is 0 Å². The first-order valence-corrected chi connectivity index (χ1v) is 4.94. The number of benzene rings is 1. The van der Waals surface area contributed by atoms with Crippen LogP contribution >= 0.6 is 0 Å². The summed E-state index contributed by atoms with van der Waals surface area (Å²) in [6.07, 6.45) is 3.26. The molecule has 0 aliphatic rings. The van der Waals surface area contributed by atoms with Gasteiger partial charge in [0.25, 0.3) is 0 Å². The Kier molecular flexibility index (Phi) is 2.72. The summed E-state index contributed by atoms with van der Waals surface area (Å²) in [6, 6.07) is 7.84. The van der Waals surface area contributed by atoms with E-state index in [-0.39, 0.29) is 6.42 Å². The third kappa shape index (κ3) is 2.18. The van der Waals surface area contributed by atoms with Gasteiger partial charge in [-0.1, -0.05) is 18.2 Å². The predicted molar refractivity (Wildman–Crippen MR) is 56.8 cm³/mol. The van der Waals surface area contributed by atoms with Gasteiger partial charge in [0.2, 0.25) is 0 Å². The van der Waals surface area contributed by atoms with Gasteiger partial charge in [0.1, 0.15) is 5.58 Å². The van der Waals surface area contributed by atoms with Crippen molar-refractivity contribution in [2.24, 2.45) is 0 Å². The van der Waals surface area contributed by atoms with Gasteiger partial charge in [-0.25, -0.2) is 0 Å². The zero-order chi connectivity index (χ0) is 10.7. The zero-order valence-corrected chi connectivity index (χ0v) is 8.27. The van der Waals surface area contributed by atoms with E-state index >= 15 is 0 Å². The number of carboxylic acids is 1. The van der Waals surface area contributed by atoms with Crippen molar-refractivity contribution in [3.8, 4) is 0 Å². The minimum absolute atomic E-state index is 0.205. The van der Waals surface area contributed by atoms with Crippen LogP contribution in [0.15, 0.2) is 34.9 Å². The van der Waals surface area contributed by atoms with Crippen LogP contribution in [0.4, 0.5) is 0 Å². The van der Waals surface area contributed by atoms with E-state index in [2.05, 4.69) is 0 Å². The van der Waals surface area contributed by atoms with Crippen molar-refractivity contribution in [3.63, 3.8) is 0 Å². The number of aryl methyl sites for hydroxylation is 1. The molecule has 2 rings (SSSR count). The molecule has 3 heteroatoms. The van der Waals surface area contributed by atoms with Gasteiger partial charge in [-0.3, -0.25) is 4.79 Å². The molecular weight excluding hydrogens is 192 g/mol. The van der Waals surface area contributed by atoms with E-state index in [1.807, 2.05) is 24.3 Å². The van der Waals surface area contributed by atoms with E-state index in [0.29, 0.717) is 6.42 Å². The minimum atomic E-state index is -0.749. The monoisotopic (exact) mass is 204 g/mol. The molecule has 0 amide bonds. The van der Waals surface area contributed by atoms with Crippen LogP contribution in [-0.2, 0) is 11.2 Å². The number of hydrogen-bond acceptors (Lipinski definition) is 2. The molecule has 2 aromatic rings. The first-order valence-electron chi connectivity index (χ1n) is 4.94. The van der Waals surface area contributed by atoms with E-state index < -0.39 is 5.97 Å². The summed E-state index contributed by atoms with van der Waals surface area (Å²) in [4.78, 5) is 10.4. The quantitative estimate of drug-likeness (QED) is 0.833. The highest BCUT2D eigenvalue weighted by Crippen LogP contribution is 2.21. The Morgan fingerprint density at radius 2 is 2.20 bits per heavy atom. The third-order valence-corrected chi connectivity index (χ3v) is 2.40. The molecule has 0 aliphatic carbocycles. The molecule has 1 aromatic heterocycles. The molecule has 0 aliphatic heterocycles. The van der Waals surface area contributed by atoms with Crippen LogP contribution in [0.1, 0.15) is 18.4 Å². The lowest BCUT2D eigenvalue weighted by Gasteiger charge is -2.00. The van der Waals surface area contributed by atoms with E-state index in [1.165, 1.54) is 0 Å². The minimum Gasteiger partial charge on any atom is -0.481 e. The molecular formula is C12H12O3. The second-order valence-corrected chi connectivity index (χ2v) is 3.50. The Hall–Kier alpha value is -1.77. The molecule has 78 valence electrons. The number of aliphatic carboxylic acids is 1. The average Bonchev–Trinajstić information content (AvgIpc) is 2.65. The lowest BCUT2D eigenvalue weighted by Crippen LogP contribution is -1.95. The summed E-state index contributed by atoms with van der Waals surface area (Å²) >= 11 is 0. The molecule has 0 radical (unpaired) electrons. The van der Waals surface area contributed by atoms with Gasteiger partial charge in [0.15, 0.2) is 0 Å². The molecule has 0 unspecified atom stereocenters. The number of fused-ring (bicyclic) bond motifs is 1.